The van der Waals surface area contributed by atoms with Crippen molar-refractivity contribution in [1.29, 1.82) is 0 Å². The van der Waals surface area contributed by atoms with Crippen LogP contribution in [0.2, 0.25) is 0 Å². The molecule has 1 aliphatic carbocycles. The molecule has 0 saturated heterocycles. The Bertz CT molecular complexity index is 180. The second-order valence-corrected chi connectivity index (χ2v) is 3.57. The smallest absolute Gasteiger partial charge is 0.332 e. The highest BCUT2D eigenvalue weighted by Gasteiger charge is 2.31. The van der Waals surface area contributed by atoms with Crippen molar-refractivity contribution in [1.82, 2.24) is 0 Å². The molecule has 1 fully saturated rings. The van der Waals surface area contributed by atoms with E-state index in [0.29, 0.717) is 6.42 Å². The average Bonchev–Trinajstić information content (AvgIpc) is 2.16. The molecule has 4 heteroatoms. The van der Waals surface area contributed by atoms with Crippen LogP contribution in [0.25, 0.3) is 0 Å². The number of methoxy groups -OCH3 is 1. The summed E-state index contributed by atoms with van der Waals surface area (Å²) in [5, 5.41) is 17.9. The number of aliphatic carboxylic acids is 1. The van der Waals surface area contributed by atoms with Crippen molar-refractivity contribution in [3.8, 4) is 0 Å². The molecule has 76 valence electrons. The van der Waals surface area contributed by atoms with Gasteiger partial charge in [-0.05, 0) is 25.2 Å². The van der Waals surface area contributed by atoms with E-state index in [4.69, 9.17) is 9.84 Å². The normalized spacial score (nSPS) is 31.2. The lowest BCUT2D eigenvalue weighted by Crippen LogP contribution is -2.35. The molecule has 13 heavy (non-hydrogen) atoms. The fraction of sp³-hybridized carbons (Fsp3) is 0.889. The molecule has 0 spiro atoms. The van der Waals surface area contributed by atoms with Gasteiger partial charge in [-0.1, -0.05) is 6.42 Å². The van der Waals surface area contributed by atoms with Crippen LogP contribution in [0.1, 0.15) is 25.7 Å². The Morgan fingerprint density at radius 3 is 2.77 bits per heavy atom. The maximum atomic E-state index is 10.5. The summed E-state index contributed by atoms with van der Waals surface area (Å²) in [4.78, 5) is 10.5. The Morgan fingerprint density at radius 1 is 1.54 bits per heavy atom. The van der Waals surface area contributed by atoms with Gasteiger partial charge in [0.15, 0.2) is 6.10 Å². The molecular formula is C9H16O4. The molecule has 0 aromatic rings. The predicted octanol–water partition coefficient (Wildman–Crippen LogP) is 0.637. The standard InChI is InChI=1S/C9H16O4/c1-13-7-4-2-3-6(5-7)8(10)9(11)12/h6-8,10H,2-5H2,1H3,(H,11,12). The topological polar surface area (TPSA) is 66.8 Å². The summed E-state index contributed by atoms with van der Waals surface area (Å²) in [6, 6.07) is 0. The Balaban J connectivity index is 2.46. The van der Waals surface area contributed by atoms with Crippen LogP contribution >= 0.6 is 0 Å². The first-order valence-corrected chi connectivity index (χ1v) is 4.58. The molecule has 0 radical (unpaired) electrons. The molecule has 0 heterocycles. The highest BCUT2D eigenvalue weighted by atomic mass is 16.5. The fourth-order valence-corrected chi connectivity index (χ4v) is 1.88. The van der Waals surface area contributed by atoms with Crippen LogP contribution in [-0.4, -0.2) is 35.5 Å². The van der Waals surface area contributed by atoms with E-state index in [-0.39, 0.29) is 12.0 Å². The molecule has 1 rings (SSSR count). The molecule has 3 atom stereocenters. The Hall–Kier alpha value is -0.610. The number of aliphatic hydroxyl groups is 1. The van der Waals surface area contributed by atoms with Crippen molar-refractivity contribution in [2.45, 2.75) is 37.9 Å². The van der Waals surface area contributed by atoms with Crippen LogP contribution in [0.15, 0.2) is 0 Å². The van der Waals surface area contributed by atoms with Crippen LogP contribution in [0, 0.1) is 5.92 Å². The van der Waals surface area contributed by atoms with Crippen molar-refractivity contribution < 1.29 is 19.7 Å². The number of hydrogen-bond acceptors (Lipinski definition) is 3. The number of carboxylic acids is 1. The minimum Gasteiger partial charge on any atom is -0.479 e. The number of rotatable bonds is 3. The molecule has 0 bridgehead atoms. The summed E-state index contributed by atoms with van der Waals surface area (Å²) in [5.41, 5.74) is 0. The Kier molecular flexibility index (Phi) is 3.69. The van der Waals surface area contributed by atoms with Crippen molar-refractivity contribution in [3.63, 3.8) is 0 Å². The van der Waals surface area contributed by atoms with Crippen LogP contribution in [0.3, 0.4) is 0 Å². The Labute approximate surface area is 77.5 Å². The van der Waals surface area contributed by atoms with Gasteiger partial charge in [0, 0.05) is 7.11 Å². The average molecular weight is 188 g/mol. The second-order valence-electron chi connectivity index (χ2n) is 3.57. The lowest BCUT2D eigenvalue weighted by Gasteiger charge is -2.29. The van der Waals surface area contributed by atoms with E-state index in [1.807, 2.05) is 0 Å². The summed E-state index contributed by atoms with van der Waals surface area (Å²) in [6.45, 7) is 0. The molecule has 3 unspecified atom stereocenters. The summed E-state index contributed by atoms with van der Waals surface area (Å²) in [5.74, 6) is -1.27. The van der Waals surface area contributed by atoms with E-state index in [0.717, 1.165) is 19.3 Å². The minimum absolute atomic E-state index is 0.118. The highest BCUT2D eigenvalue weighted by Crippen LogP contribution is 2.28. The summed E-state index contributed by atoms with van der Waals surface area (Å²) in [6.07, 6.45) is 2.25. The quantitative estimate of drug-likeness (QED) is 0.682. The SMILES string of the molecule is COC1CCCC(C(O)C(=O)O)C1. The number of carboxylic acid groups (broad SMARTS) is 1. The van der Waals surface area contributed by atoms with E-state index in [1.54, 1.807) is 7.11 Å². The first-order chi connectivity index (χ1) is 6.15. The molecule has 2 N–H and O–H groups in total. The maximum Gasteiger partial charge on any atom is 0.332 e. The lowest BCUT2D eigenvalue weighted by molar-refractivity contribution is -0.151. The van der Waals surface area contributed by atoms with E-state index in [1.165, 1.54) is 0 Å². The molecule has 0 aliphatic heterocycles. The zero-order valence-corrected chi connectivity index (χ0v) is 7.77. The van der Waals surface area contributed by atoms with Crippen molar-refractivity contribution in [3.05, 3.63) is 0 Å². The molecule has 1 aliphatic rings. The fourth-order valence-electron chi connectivity index (χ4n) is 1.88. The van der Waals surface area contributed by atoms with Gasteiger partial charge in [-0.25, -0.2) is 4.79 Å². The molecule has 1 saturated carbocycles. The van der Waals surface area contributed by atoms with Gasteiger partial charge in [0.05, 0.1) is 6.10 Å². The van der Waals surface area contributed by atoms with Gasteiger partial charge < -0.3 is 14.9 Å². The summed E-state index contributed by atoms with van der Waals surface area (Å²) in [7, 11) is 1.63. The second kappa shape index (κ2) is 4.58. The molecule has 0 amide bonds. The molecule has 4 nitrogen and oxygen atoms in total. The molecule has 0 aromatic heterocycles. The van der Waals surface area contributed by atoms with Crippen LogP contribution in [0.4, 0.5) is 0 Å². The van der Waals surface area contributed by atoms with Gasteiger partial charge in [0.1, 0.15) is 0 Å². The van der Waals surface area contributed by atoms with Gasteiger partial charge in [-0.15, -0.1) is 0 Å². The monoisotopic (exact) mass is 188 g/mol. The van der Waals surface area contributed by atoms with Gasteiger partial charge in [-0.3, -0.25) is 0 Å². The van der Waals surface area contributed by atoms with E-state index < -0.39 is 12.1 Å². The molecule has 0 aromatic carbocycles. The minimum atomic E-state index is -1.22. The first-order valence-electron chi connectivity index (χ1n) is 4.58. The highest BCUT2D eigenvalue weighted by molar-refractivity contribution is 5.72. The van der Waals surface area contributed by atoms with E-state index in [2.05, 4.69) is 0 Å². The largest absolute Gasteiger partial charge is 0.479 e. The summed E-state index contributed by atoms with van der Waals surface area (Å²) >= 11 is 0. The van der Waals surface area contributed by atoms with Crippen LogP contribution in [0.5, 0.6) is 0 Å². The van der Waals surface area contributed by atoms with Gasteiger partial charge in [-0.2, -0.15) is 0 Å². The first kappa shape index (κ1) is 10.5. The third kappa shape index (κ3) is 2.67. The number of hydrogen-bond donors (Lipinski definition) is 2. The van der Waals surface area contributed by atoms with E-state index in [9.17, 15) is 9.90 Å². The Morgan fingerprint density at radius 2 is 2.23 bits per heavy atom. The number of carbonyl (C=O) groups is 1. The van der Waals surface area contributed by atoms with Crippen molar-refractivity contribution in [2.75, 3.05) is 7.11 Å². The van der Waals surface area contributed by atoms with E-state index >= 15 is 0 Å². The maximum absolute atomic E-state index is 10.5. The van der Waals surface area contributed by atoms with Crippen molar-refractivity contribution >= 4 is 5.97 Å². The molecular weight excluding hydrogens is 172 g/mol. The third-order valence-corrected chi connectivity index (χ3v) is 2.70. The van der Waals surface area contributed by atoms with Crippen LogP contribution < -0.4 is 0 Å². The number of aliphatic hydroxyl groups excluding tert-OH is 1. The van der Waals surface area contributed by atoms with Gasteiger partial charge in [0.2, 0.25) is 0 Å². The summed E-state index contributed by atoms with van der Waals surface area (Å²) < 4.78 is 5.15. The predicted molar refractivity (Wildman–Crippen MR) is 46.4 cm³/mol. The third-order valence-electron chi connectivity index (χ3n) is 2.70. The van der Waals surface area contributed by atoms with Gasteiger partial charge >= 0.3 is 5.97 Å². The lowest BCUT2D eigenvalue weighted by atomic mass is 9.83. The van der Waals surface area contributed by atoms with Crippen LogP contribution in [-0.2, 0) is 9.53 Å². The number of ether oxygens (including phenoxy) is 1. The zero-order chi connectivity index (χ0) is 9.84. The zero-order valence-electron chi connectivity index (χ0n) is 7.77. The van der Waals surface area contributed by atoms with Crippen molar-refractivity contribution in [2.24, 2.45) is 5.92 Å². The van der Waals surface area contributed by atoms with Gasteiger partial charge in [0.25, 0.3) is 0 Å².